The first kappa shape index (κ1) is 18.4. The zero-order valence-corrected chi connectivity index (χ0v) is 12.9. The van der Waals surface area contributed by atoms with E-state index in [0.29, 0.717) is 5.56 Å². The fraction of sp³-hybridized carbons (Fsp3) is 0.286. The Kier molecular flexibility index (Phi) is 5.37. The van der Waals surface area contributed by atoms with E-state index < -0.39 is 30.3 Å². The van der Waals surface area contributed by atoms with Crippen LogP contribution in [0.1, 0.15) is 15.9 Å². The molecule has 1 heterocycles. The molecule has 0 atom stereocenters. The SMILES string of the molecule is Cc1cc(C(=O)Nc2cnn(COCC(F)(F)F)c2)ccc1[N+](=O)[O-]. The van der Waals surface area contributed by atoms with Crippen molar-refractivity contribution in [1.29, 1.82) is 0 Å². The zero-order chi connectivity index (χ0) is 18.6. The van der Waals surface area contributed by atoms with Gasteiger partial charge < -0.3 is 10.1 Å². The molecule has 0 aliphatic heterocycles. The zero-order valence-electron chi connectivity index (χ0n) is 12.9. The average Bonchev–Trinajstić information content (AvgIpc) is 2.92. The molecule has 1 aromatic heterocycles. The summed E-state index contributed by atoms with van der Waals surface area (Å²) in [5.41, 5.74) is 0.667. The van der Waals surface area contributed by atoms with Crippen LogP contribution in [-0.4, -0.2) is 33.4 Å². The molecule has 8 nitrogen and oxygen atoms in total. The molecule has 1 N–H and O–H groups in total. The molecule has 0 fully saturated rings. The van der Waals surface area contributed by atoms with Crippen LogP contribution in [0.4, 0.5) is 24.5 Å². The molecular formula is C14H13F3N4O4. The van der Waals surface area contributed by atoms with Gasteiger partial charge in [-0.25, -0.2) is 4.68 Å². The Morgan fingerprint density at radius 3 is 2.76 bits per heavy atom. The van der Waals surface area contributed by atoms with Gasteiger partial charge in [-0.3, -0.25) is 14.9 Å². The summed E-state index contributed by atoms with van der Waals surface area (Å²) in [6.45, 7) is -0.326. The number of aryl methyl sites for hydroxylation is 1. The number of aromatic nitrogens is 2. The fourth-order valence-corrected chi connectivity index (χ4v) is 1.96. The van der Waals surface area contributed by atoms with Gasteiger partial charge in [0.1, 0.15) is 13.3 Å². The standard InChI is InChI=1S/C14H13F3N4O4/c1-9-4-10(2-3-12(9)21(23)24)13(22)19-11-5-18-20(6-11)8-25-7-14(15,16)17/h2-6H,7-8H2,1H3,(H,19,22). The van der Waals surface area contributed by atoms with E-state index in [2.05, 4.69) is 15.2 Å². The van der Waals surface area contributed by atoms with Gasteiger partial charge in [0.05, 0.1) is 23.0 Å². The highest BCUT2D eigenvalue weighted by Gasteiger charge is 2.27. The number of hydrogen-bond acceptors (Lipinski definition) is 5. The molecule has 0 radical (unpaired) electrons. The van der Waals surface area contributed by atoms with E-state index in [4.69, 9.17) is 0 Å². The Hall–Kier alpha value is -2.95. The number of amides is 1. The molecule has 0 saturated carbocycles. The maximum atomic E-state index is 12.1. The first-order chi connectivity index (χ1) is 11.7. The average molecular weight is 358 g/mol. The number of nitro benzene ring substituents is 1. The fourth-order valence-electron chi connectivity index (χ4n) is 1.96. The number of carbonyl (C=O) groups is 1. The number of benzene rings is 1. The number of halogens is 3. The summed E-state index contributed by atoms with van der Waals surface area (Å²) in [7, 11) is 0. The first-order valence-corrected chi connectivity index (χ1v) is 6.89. The molecular weight excluding hydrogens is 345 g/mol. The van der Waals surface area contributed by atoms with E-state index >= 15 is 0 Å². The molecule has 25 heavy (non-hydrogen) atoms. The Bertz CT molecular complexity index is 789. The number of nitro groups is 1. The van der Waals surface area contributed by atoms with E-state index in [1.807, 2.05) is 0 Å². The largest absolute Gasteiger partial charge is 0.411 e. The van der Waals surface area contributed by atoms with Gasteiger partial charge in [0.25, 0.3) is 11.6 Å². The van der Waals surface area contributed by atoms with Gasteiger partial charge in [-0.2, -0.15) is 18.3 Å². The number of ether oxygens (including phenoxy) is 1. The Morgan fingerprint density at radius 1 is 1.44 bits per heavy atom. The lowest BCUT2D eigenvalue weighted by Gasteiger charge is -2.07. The predicted octanol–water partition coefficient (Wildman–Crippen LogP) is 2.89. The van der Waals surface area contributed by atoms with Crippen LogP contribution in [0.3, 0.4) is 0 Å². The Morgan fingerprint density at radius 2 is 2.16 bits per heavy atom. The molecule has 0 bridgehead atoms. The van der Waals surface area contributed by atoms with E-state index in [-0.39, 0.29) is 16.9 Å². The first-order valence-electron chi connectivity index (χ1n) is 6.89. The van der Waals surface area contributed by atoms with Gasteiger partial charge in [-0.05, 0) is 19.1 Å². The van der Waals surface area contributed by atoms with Crippen molar-refractivity contribution in [2.24, 2.45) is 0 Å². The molecule has 1 aromatic carbocycles. The summed E-state index contributed by atoms with van der Waals surface area (Å²) >= 11 is 0. The summed E-state index contributed by atoms with van der Waals surface area (Å²) in [5.74, 6) is -0.534. The number of nitrogens with one attached hydrogen (secondary N) is 1. The van der Waals surface area contributed by atoms with Gasteiger partial charge >= 0.3 is 6.18 Å². The smallest absolute Gasteiger partial charge is 0.350 e. The number of alkyl halides is 3. The van der Waals surface area contributed by atoms with Crippen LogP contribution in [0.25, 0.3) is 0 Å². The van der Waals surface area contributed by atoms with Crippen LogP contribution < -0.4 is 5.32 Å². The highest BCUT2D eigenvalue weighted by molar-refractivity contribution is 6.04. The van der Waals surface area contributed by atoms with Crippen molar-refractivity contribution < 1.29 is 27.6 Å². The third-order valence-electron chi connectivity index (χ3n) is 3.04. The lowest BCUT2D eigenvalue weighted by molar-refractivity contribution is -0.385. The molecule has 0 spiro atoms. The van der Waals surface area contributed by atoms with Crippen molar-refractivity contribution in [3.8, 4) is 0 Å². The van der Waals surface area contributed by atoms with E-state index in [0.717, 1.165) is 4.68 Å². The van der Waals surface area contributed by atoms with E-state index in [9.17, 15) is 28.1 Å². The molecule has 1 amide bonds. The van der Waals surface area contributed by atoms with Crippen LogP contribution in [0.2, 0.25) is 0 Å². The molecule has 11 heteroatoms. The Labute approximate surface area is 139 Å². The molecule has 0 aliphatic rings. The molecule has 2 aromatic rings. The van der Waals surface area contributed by atoms with Crippen molar-refractivity contribution in [1.82, 2.24) is 9.78 Å². The number of nitrogens with zero attached hydrogens (tertiary/aromatic N) is 3. The summed E-state index contributed by atoms with van der Waals surface area (Å²) in [6.07, 6.45) is -1.89. The van der Waals surface area contributed by atoms with Crippen molar-refractivity contribution in [2.75, 3.05) is 11.9 Å². The third kappa shape index (κ3) is 5.28. The van der Waals surface area contributed by atoms with Gasteiger partial charge in [0, 0.05) is 17.2 Å². The van der Waals surface area contributed by atoms with Gasteiger partial charge in [-0.1, -0.05) is 0 Å². The predicted molar refractivity (Wildman–Crippen MR) is 80.0 cm³/mol. The molecule has 0 saturated heterocycles. The van der Waals surface area contributed by atoms with Crippen LogP contribution in [0, 0.1) is 17.0 Å². The molecule has 2 rings (SSSR count). The minimum Gasteiger partial charge on any atom is -0.350 e. The second kappa shape index (κ2) is 7.30. The van der Waals surface area contributed by atoms with Crippen LogP contribution in [0.15, 0.2) is 30.6 Å². The summed E-state index contributed by atoms with van der Waals surface area (Å²) in [5, 5.41) is 17.0. The van der Waals surface area contributed by atoms with Gasteiger partial charge in [0.15, 0.2) is 0 Å². The van der Waals surface area contributed by atoms with Gasteiger partial charge in [0.2, 0.25) is 0 Å². The van der Waals surface area contributed by atoms with E-state index in [1.54, 1.807) is 0 Å². The lowest BCUT2D eigenvalue weighted by Crippen LogP contribution is -2.18. The number of hydrogen-bond donors (Lipinski definition) is 1. The highest BCUT2D eigenvalue weighted by atomic mass is 19.4. The van der Waals surface area contributed by atoms with Crippen molar-refractivity contribution in [3.63, 3.8) is 0 Å². The summed E-state index contributed by atoms with van der Waals surface area (Å²) in [6, 6.07) is 3.89. The summed E-state index contributed by atoms with van der Waals surface area (Å²) < 4.78 is 41.5. The van der Waals surface area contributed by atoms with E-state index in [1.165, 1.54) is 37.5 Å². The van der Waals surface area contributed by atoms with Crippen molar-refractivity contribution >= 4 is 17.3 Å². The minimum atomic E-state index is -4.43. The normalized spacial score (nSPS) is 11.4. The maximum Gasteiger partial charge on any atom is 0.411 e. The van der Waals surface area contributed by atoms with Crippen molar-refractivity contribution in [3.05, 3.63) is 51.8 Å². The molecule has 0 aliphatic carbocycles. The molecule has 0 unspecified atom stereocenters. The quantitative estimate of drug-likeness (QED) is 0.632. The second-order valence-corrected chi connectivity index (χ2v) is 5.07. The number of anilines is 1. The van der Waals surface area contributed by atoms with Crippen LogP contribution in [-0.2, 0) is 11.5 Å². The second-order valence-electron chi connectivity index (χ2n) is 5.07. The summed E-state index contributed by atoms with van der Waals surface area (Å²) in [4.78, 5) is 22.3. The van der Waals surface area contributed by atoms with Crippen LogP contribution >= 0.6 is 0 Å². The van der Waals surface area contributed by atoms with Gasteiger partial charge in [-0.15, -0.1) is 0 Å². The minimum absolute atomic E-state index is 0.105. The lowest BCUT2D eigenvalue weighted by atomic mass is 10.1. The molecule has 134 valence electrons. The number of rotatable bonds is 6. The van der Waals surface area contributed by atoms with Crippen LogP contribution in [0.5, 0.6) is 0 Å². The number of carbonyl (C=O) groups excluding carboxylic acids is 1. The topological polar surface area (TPSA) is 99.3 Å². The van der Waals surface area contributed by atoms with Crippen molar-refractivity contribution in [2.45, 2.75) is 19.8 Å². The highest BCUT2D eigenvalue weighted by Crippen LogP contribution is 2.20. The Balaban J connectivity index is 1.97. The maximum absolute atomic E-state index is 12.1. The monoisotopic (exact) mass is 358 g/mol. The third-order valence-corrected chi connectivity index (χ3v) is 3.04.